The van der Waals surface area contributed by atoms with E-state index in [2.05, 4.69) is 4.98 Å². The van der Waals surface area contributed by atoms with Crippen LogP contribution in [0.15, 0.2) is 12.1 Å². The molecule has 0 aliphatic carbocycles. The zero-order valence-electron chi connectivity index (χ0n) is 17.9. The summed E-state index contributed by atoms with van der Waals surface area (Å²) in [6.07, 6.45) is 0.486. The number of pyridine rings is 1. The van der Waals surface area contributed by atoms with Crippen molar-refractivity contribution in [2.75, 3.05) is 19.3 Å². The summed E-state index contributed by atoms with van der Waals surface area (Å²) >= 11 is 0. The number of amides is 1. The first-order valence-corrected chi connectivity index (χ1v) is 9.95. The standard InChI is InChI=1S/C22H25F2N5O2/c1-10-5-6-14(30)11(2)17(10)29-18-12-9-28(4)8-7-13(12)27-19(22(3,23)24)15(18)16(20(29)25)21(26)31/h5-6,30H,7-9,25H2,1-4H3,(H2,26,31). The average molecular weight is 429 g/mol. The fraction of sp³-hybridized carbons (Fsp3) is 0.364. The van der Waals surface area contributed by atoms with Crippen molar-refractivity contribution >= 4 is 22.6 Å². The van der Waals surface area contributed by atoms with Gasteiger partial charge in [0.05, 0.1) is 16.8 Å². The number of carbonyl (C=O) groups is 1. The maximum absolute atomic E-state index is 14.7. The molecular formula is C22H25F2N5O2. The van der Waals surface area contributed by atoms with Crippen LogP contribution in [0.25, 0.3) is 16.6 Å². The number of hydrogen-bond donors (Lipinski definition) is 3. The van der Waals surface area contributed by atoms with Crippen LogP contribution in [-0.4, -0.2) is 39.1 Å². The summed E-state index contributed by atoms with van der Waals surface area (Å²) in [5, 5.41) is 10.3. The van der Waals surface area contributed by atoms with Crippen LogP contribution in [0.3, 0.4) is 0 Å². The van der Waals surface area contributed by atoms with Gasteiger partial charge in [0.1, 0.15) is 17.3 Å². The number of carbonyl (C=O) groups excluding carboxylic acids is 1. The number of phenols is 1. The Morgan fingerprint density at radius 3 is 2.58 bits per heavy atom. The number of aromatic hydroxyl groups is 1. The number of aromatic nitrogens is 2. The van der Waals surface area contributed by atoms with Crippen LogP contribution in [-0.2, 0) is 18.9 Å². The number of phenolic OH excluding ortho intramolecular Hbond substituents is 1. The molecule has 5 N–H and O–H groups in total. The predicted molar refractivity (Wildman–Crippen MR) is 115 cm³/mol. The number of likely N-dealkylation sites (N-methyl/N-ethyl adjacent to an activating group) is 1. The highest BCUT2D eigenvalue weighted by Gasteiger charge is 2.37. The van der Waals surface area contributed by atoms with Crippen LogP contribution in [0.1, 0.15) is 45.4 Å². The minimum absolute atomic E-state index is 0.0311. The lowest BCUT2D eigenvalue weighted by molar-refractivity contribution is 0.0142. The molecule has 0 atom stereocenters. The molecule has 0 saturated heterocycles. The van der Waals surface area contributed by atoms with Crippen molar-refractivity contribution in [3.05, 3.63) is 45.8 Å². The van der Waals surface area contributed by atoms with Crippen LogP contribution < -0.4 is 11.5 Å². The smallest absolute Gasteiger partial charge is 0.287 e. The van der Waals surface area contributed by atoms with Crippen molar-refractivity contribution < 1.29 is 18.7 Å². The van der Waals surface area contributed by atoms with Crippen LogP contribution >= 0.6 is 0 Å². The topological polar surface area (TPSA) is 110 Å². The van der Waals surface area contributed by atoms with Gasteiger partial charge in [-0.15, -0.1) is 0 Å². The molecule has 7 nitrogen and oxygen atoms in total. The van der Waals surface area contributed by atoms with Gasteiger partial charge in [0.2, 0.25) is 0 Å². The summed E-state index contributed by atoms with van der Waals surface area (Å²) in [6, 6.07) is 3.27. The molecule has 0 saturated carbocycles. The SMILES string of the molecule is Cc1ccc(O)c(C)c1-n1c(N)c(C(N)=O)c2c(C(C)(F)F)nc3c(c21)CN(C)CC3. The van der Waals surface area contributed by atoms with Crippen molar-refractivity contribution in [2.24, 2.45) is 5.73 Å². The highest BCUT2D eigenvalue weighted by Crippen LogP contribution is 2.43. The molecule has 0 radical (unpaired) electrons. The lowest BCUT2D eigenvalue weighted by Gasteiger charge is -2.27. The second-order valence-corrected chi connectivity index (χ2v) is 8.32. The fourth-order valence-corrected chi connectivity index (χ4v) is 4.49. The maximum Gasteiger partial charge on any atom is 0.287 e. The minimum Gasteiger partial charge on any atom is -0.508 e. The number of rotatable bonds is 3. The summed E-state index contributed by atoms with van der Waals surface area (Å²) < 4.78 is 31.0. The van der Waals surface area contributed by atoms with E-state index in [0.29, 0.717) is 42.0 Å². The Bertz CT molecular complexity index is 1240. The van der Waals surface area contributed by atoms with Gasteiger partial charge in [0.15, 0.2) is 0 Å². The van der Waals surface area contributed by atoms with Gasteiger partial charge < -0.3 is 21.5 Å². The van der Waals surface area contributed by atoms with Crippen molar-refractivity contribution in [3.63, 3.8) is 0 Å². The third-order valence-corrected chi connectivity index (χ3v) is 5.97. The van der Waals surface area contributed by atoms with Crippen molar-refractivity contribution in [1.29, 1.82) is 0 Å². The Kier molecular flexibility index (Phi) is 4.69. The van der Waals surface area contributed by atoms with Gasteiger partial charge in [-0.2, -0.15) is 8.78 Å². The highest BCUT2D eigenvalue weighted by molar-refractivity contribution is 6.13. The van der Waals surface area contributed by atoms with Crippen molar-refractivity contribution in [2.45, 2.75) is 39.7 Å². The second kappa shape index (κ2) is 6.91. The second-order valence-electron chi connectivity index (χ2n) is 8.32. The van der Waals surface area contributed by atoms with Gasteiger partial charge in [0.25, 0.3) is 11.8 Å². The molecule has 31 heavy (non-hydrogen) atoms. The Hall–Kier alpha value is -3.20. The Balaban J connectivity index is 2.30. The lowest BCUT2D eigenvalue weighted by Crippen LogP contribution is -2.29. The van der Waals surface area contributed by atoms with Crippen molar-refractivity contribution in [3.8, 4) is 11.4 Å². The van der Waals surface area contributed by atoms with Gasteiger partial charge in [-0.1, -0.05) is 6.07 Å². The van der Waals surface area contributed by atoms with E-state index in [1.165, 1.54) is 0 Å². The first-order valence-electron chi connectivity index (χ1n) is 9.95. The first-order chi connectivity index (χ1) is 14.4. The molecule has 0 unspecified atom stereocenters. The Labute approximate surface area is 178 Å². The maximum atomic E-state index is 14.7. The molecule has 0 bridgehead atoms. The summed E-state index contributed by atoms with van der Waals surface area (Å²) in [6.45, 7) is 5.41. The number of benzene rings is 1. The molecule has 0 spiro atoms. The quantitative estimate of drug-likeness (QED) is 0.593. The molecule has 1 aliphatic rings. The van der Waals surface area contributed by atoms with E-state index in [9.17, 15) is 18.7 Å². The fourth-order valence-electron chi connectivity index (χ4n) is 4.49. The van der Waals surface area contributed by atoms with E-state index in [1.807, 2.05) is 18.9 Å². The number of fused-ring (bicyclic) bond motifs is 3. The van der Waals surface area contributed by atoms with E-state index in [-0.39, 0.29) is 22.5 Å². The summed E-state index contributed by atoms with van der Waals surface area (Å²) in [7, 11) is 1.92. The van der Waals surface area contributed by atoms with Crippen LogP contribution in [0.2, 0.25) is 0 Å². The summed E-state index contributed by atoms with van der Waals surface area (Å²) in [5.74, 6) is -4.24. The number of alkyl halides is 2. The summed E-state index contributed by atoms with van der Waals surface area (Å²) in [5.41, 5.74) is 14.8. The third-order valence-electron chi connectivity index (χ3n) is 5.97. The van der Waals surface area contributed by atoms with Crippen LogP contribution in [0.5, 0.6) is 5.75 Å². The van der Waals surface area contributed by atoms with Crippen LogP contribution in [0.4, 0.5) is 14.6 Å². The van der Waals surface area contributed by atoms with Gasteiger partial charge in [-0.05, 0) is 32.5 Å². The molecule has 164 valence electrons. The lowest BCUT2D eigenvalue weighted by atomic mass is 9.98. The van der Waals surface area contributed by atoms with Crippen molar-refractivity contribution in [1.82, 2.24) is 14.5 Å². The predicted octanol–water partition coefficient (Wildman–Crippen LogP) is 3.13. The van der Waals surface area contributed by atoms with Gasteiger partial charge in [0, 0.05) is 48.6 Å². The monoisotopic (exact) mass is 429 g/mol. The number of aryl methyl sites for hydroxylation is 1. The normalized spacial score (nSPS) is 14.8. The molecule has 3 heterocycles. The molecule has 4 rings (SSSR count). The van der Waals surface area contributed by atoms with E-state index < -0.39 is 17.5 Å². The number of nitrogens with zero attached hydrogens (tertiary/aromatic N) is 3. The number of nitrogens with two attached hydrogens (primary N) is 2. The molecule has 0 fully saturated rings. The Morgan fingerprint density at radius 2 is 1.97 bits per heavy atom. The summed E-state index contributed by atoms with van der Waals surface area (Å²) in [4.78, 5) is 18.8. The number of primary amides is 1. The molecule has 2 aromatic heterocycles. The average Bonchev–Trinajstić information content (AvgIpc) is 2.97. The first kappa shape index (κ1) is 21.0. The number of hydrogen-bond acceptors (Lipinski definition) is 5. The zero-order valence-corrected chi connectivity index (χ0v) is 17.9. The molecule has 9 heteroatoms. The van der Waals surface area contributed by atoms with Gasteiger partial charge in [-0.3, -0.25) is 14.3 Å². The molecule has 3 aromatic rings. The largest absolute Gasteiger partial charge is 0.508 e. The van der Waals surface area contributed by atoms with Gasteiger partial charge >= 0.3 is 0 Å². The van der Waals surface area contributed by atoms with E-state index >= 15 is 0 Å². The molecule has 1 amide bonds. The number of anilines is 1. The van der Waals surface area contributed by atoms with E-state index in [0.717, 1.165) is 18.1 Å². The molecule has 1 aliphatic heterocycles. The Morgan fingerprint density at radius 1 is 1.29 bits per heavy atom. The molecule has 1 aromatic carbocycles. The van der Waals surface area contributed by atoms with Gasteiger partial charge in [-0.25, -0.2) is 0 Å². The number of halogens is 2. The van der Waals surface area contributed by atoms with E-state index in [4.69, 9.17) is 11.5 Å². The third kappa shape index (κ3) is 3.11. The van der Waals surface area contributed by atoms with E-state index in [1.54, 1.807) is 23.6 Å². The highest BCUT2D eigenvalue weighted by atomic mass is 19.3. The molecular weight excluding hydrogens is 404 g/mol. The zero-order chi connectivity index (χ0) is 22.8. The number of nitrogen functional groups attached to an aromatic ring is 1. The van der Waals surface area contributed by atoms with Crippen LogP contribution in [0, 0.1) is 13.8 Å². The minimum atomic E-state index is -3.32.